The lowest BCUT2D eigenvalue weighted by atomic mass is 9.85. The van der Waals surface area contributed by atoms with Crippen molar-refractivity contribution in [3.05, 3.63) is 28.5 Å². The predicted molar refractivity (Wildman–Crippen MR) is 137 cm³/mol. The van der Waals surface area contributed by atoms with Crippen molar-refractivity contribution in [1.29, 1.82) is 0 Å². The van der Waals surface area contributed by atoms with Crippen molar-refractivity contribution in [2.24, 2.45) is 5.92 Å². The van der Waals surface area contributed by atoms with Crippen LogP contribution in [-0.4, -0.2) is 62.6 Å². The molecule has 0 atom stereocenters. The van der Waals surface area contributed by atoms with Gasteiger partial charge in [-0.25, -0.2) is 9.97 Å². The quantitative estimate of drug-likeness (QED) is 0.439. The number of hydrogen-bond donors (Lipinski definition) is 3. The largest absolute Gasteiger partial charge is 0.417 e. The number of carbonyl (C=O) groups excluding carboxylic acids is 2. The van der Waals surface area contributed by atoms with Crippen molar-refractivity contribution in [3.63, 3.8) is 0 Å². The van der Waals surface area contributed by atoms with Crippen molar-refractivity contribution in [2.45, 2.75) is 82.7 Å². The van der Waals surface area contributed by atoms with Crippen LogP contribution in [0, 0.1) is 5.92 Å². The lowest BCUT2D eigenvalue weighted by Gasteiger charge is -2.26. The Labute approximate surface area is 223 Å². The fraction of sp³-hybridized carbons (Fsp3) is 0.615. The van der Waals surface area contributed by atoms with Gasteiger partial charge in [0, 0.05) is 36.9 Å². The number of pyridine rings is 1. The molecule has 2 aromatic rings. The van der Waals surface area contributed by atoms with Crippen LogP contribution in [0.4, 0.5) is 19.0 Å². The summed E-state index contributed by atoms with van der Waals surface area (Å²) in [6, 6.07) is 1.04. The van der Waals surface area contributed by atoms with E-state index in [-0.39, 0.29) is 45.6 Å². The predicted octanol–water partition coefficient (Wildman–Crippen LogP) is 4.70. The summed E-state index contributed by atoms with van der Waals surface area (Å²) in [5.74, 6) is -0.575. The van der Waals surface area contributed by atoms with Crippen LogP contribution in [0.5, 0.6) is 0 Å². The number of aromatic nitrogens is 2. The molecule has 4 heterocycles. The van der Waals surface area contributed by atoms with E-state index in [0.29, 0.717) is 12.5 Å². The van der Waals surface area contributed by atoms with E-state index in [4.69, 9.17) is 0 Å². The summed E-state index contributed by atoms with van der Waals surface area (Å²) in [6.07, 6.45) is 3.02. The molecule has 3 aliphatic rings. The van der Waals surface area contributed by atoms with E-state index >= 15 is 0 Å². The van der Waals surface area contributed by atoms with Crippen LogP contribution in [0.2, 0.25) is 0 Å². The summed E-state index contributed by atoms with van der Waals surface area (Å²) >= 11 is 0.736. The number of halogens is 3. The van der Waals surface area contributed by atoms with Crippen LogP contribution in [-0.2, 0) is 6.18 Å². The van der Waals surface area contributed by atoms with Crippen LogP contribution in [0.1, 0.15) is 84.6 Å². The number of anilines is 1. The van der Waals surface area contributed by atoms with Gasteiger partial charge < -0.3 is 20.6 Å². The first kappa shape index (κ1) is 26.9. The highest BCUT2D eigenvalue weighted by molar-refractivity contribution is 7.17. The first-order valence-corrected chi connectivity index (χ1v) is 13.9. The Morgan fingerprint density at radius 3 is 2.34 bits per heavy atom. The van der Waals surface area contributed by atoms with Gasteiger partial charge >= 0.3 is 6.18 Å². The minimum atomic E-state index is -4.72. The average molecular weight is 552 g/mol. The normalized spacial score (nSPS) is 21.5. The molecular formula is C26H32F3N5O3S. The van der Waals surface area contributed by atoms with E-state index in [1.54, 1.807) is 4.90 Å². The van der Waals surface area contributed by atoms with Crippen LogP contribution >= 0.6 is 11.3 Å². The third kappa shape index (κ3) is 5.51. The molecule has 2 bridgehead atoms. The Balaban J connectivity index is 1.53. The van der Waals surface area contributed by atoms with Crippen molar-refractivity contribution >= 4 is 29.0 Å². The van der Waals surface area contributed by atoms with E-state index < -0.39 is 29.2 Å². The van der Waals surface area contributed by atoms with Crippen LogP contribution in [0.15, 0.2) is 12.3 Å². The number of hydrogen-bond acceptors (Lipinski definition) is 7. The number of carbonyl (C=O) groups is 2. The second-order valence-electron chi connectivity index (χ2n) is 11.2. The minimum absolute atomic E-state index is 0.0277. The number of alkyl halides is 3. The van der Waals surface area contributed by atoms with Gasteiger partial charge in [0.2, 0.25) is 0 Å². The zero-order chi connectivity index (χ0) is 27.2. The molecule has 0 spiro atoms. The lowest BCUT2D eigenvalue weighted by Crippen LogP contribution is -2.38. The zero-order valence-corrected chi connectivity index (χ0v) is 22.2. The molecule has 3 fully saturated rings. The maximum Gasteiger partial charge on any atom is 0.417 e. The molecule has 2 aromatic heterocycles. The summed E-state index contributed by atoms with van der Waals surface area (Å²) in [4.78, 5) is 36.7. The average Bonchev–Trinajstić information content (AvgIpc) is 3.54. The summed E-state index contributed by atoms with van der Waals surface area (Å²) in [5.41, 5.74) is -2.57. The Morgan fingerprint density at radius 1 is 1.13 bits per heavy atom. The van der Waals surface area contributed by atoms with Gasteiger partial charge in [-0.3, -0.25) is 9.59 Å². The van der Waals surface area contributed by atoms with Gasteiger partial charge in [-0.1, -0.05) is 6.42 Å². The molecule has 0 aromatic carbocycles. The van der Waals surface area contributed by atoms with Crippen LogP contribution in [0.25, 0.3) is 10.4 Å². The highest BCUT2D eigenvalue weighted by atomic mass is 32.1. The van der Waals surface area contributed by atoms with E-state index in [9.17, 15) is 27.9 Å². The third-order valence-electron chi connectivity index (χ3n) is 7.64. The molecule has 206 valence electrons. The molecule has 3 N–H and O–H groups in total. The van der Waals surface area contributed by atoms with Gasteiger partial charge in [-0.15, -0.1) is 11.3 Å². The Kier molecular flexibility index (Phi) is 7.14. The fourth-order valence-electron chi connectivity index (χ4n) is 5.40. The van der Waals surface area contributed by atoms with Crippen molar-refractivity contribution in [2.75, 3.05) is 18.4 Å². The number of fused-ring (bicyclic) bond motifs is 2. The molecular weight excluding hydrogens is 519 g/mol. The summed E-state index contributed by atoms with van der Waals surface area (Å²) in [6.45, 7) is 3.50. The summed E-state index contributed by atoms with van der Waals surface area (Å²) in [5, 5.41) is 15.4. The molecule has 38 heavy (non-hydrogen) atoms. The summed E-state index contributed by atoms with van der Waals surface area (Å²) in [7, 11) is 0. The minimum Gasteiger partial charge on any atom is -0.389 e. The number of nitrogens with zero attached hydrogens (tertiary/aromatic N) is 3. The first-order chi connectivity index (χ1) is 17.9. The molecule has 0 unspecified atom stereocenters. The van der Waals surface area contributed by atoms with Gasteiger partial charge in [0.1, 0.15) is 11.5 Å². The molecule has 5 rings (SSSR count). The highest BCUT2D eigenvalue weighted by Gasteiger charge is 2.45. The lowest BCUT2D eigenvalue weighted by molar-refractivity contribution is -0.137. The number of aliphatic hydroxyl groups is 1. The molecule has 2 aliphatic heterocycles. The maximum atomic E-state index is 14.3. The van der Waals surface area contributed by atoms with Crippen molar-refractivity contribution in [3.8, 4) is 10.4 Å². The van der Waals surface area contributed by atoms with E-state index in [2.05, 4.69) is 20.6 Å². The maximum absolute atomic E-state index is 14.3. The molecule has 0 radical (unpaired) electrons. The number of amides is 2. The van der Waals surface area contributed by atoms with Crippen LogP contribution < -0.4 is 10.6 Å². The third-order valence-corrected chi connectivity index (χ3v) is 8.73. The second kappa shape index (κ2) is 10.1. The Bertz CT molecular complexity index is 1200. The van der Waals surface area contributed by atoms with Gasteiger partial charge in [-0.05, 0) is 64.4 Å². The second-order valence-corrected chi connectivity index (χ2v) is 12.2. The van der Waals surface area contributed by atoms with E-state index in [0.717, 1.165) is 68.5 Å². The first-order valence-electron chi connectivity index (χ1n) is 13.1. The fourth-order valence-corrected chi connectivity index (χ4v) is 6.39. The molecule has 8 nitrogen and oxygen atoms in total. The molecule has 2 amide bonds. The Morgan fingerprint density at radius 2 is 1.79 bits per heavy atom. The van der Waals surface area contributed by atoms with Crippen LogP contribution in [0.3, 0.4) is 0 Å². The van der Waals surface area contributed by atoms with Gasteiger partial charge in [0.15, 0.2) is 5.01 Å². The monoisotopic (exact) mass is 551 g/mol. The topological polar surface area (TPSA) is 107 Å². The number of rotatable bonds is 8. The molecule has 2 saturated heterocycles. The van der Waals surface area contributed by atoms with Crippen molar-refractivity contribution < 1.29 is 27.9 Å². The zero-order valence-electron chi connectivity index (χ0n) is 21.4. The highest BCUT2D eigenvalue weighted by Crippen LogP contribution is 2.44. The SMILES string of the molecule is CC(C)(O)CNC(=O)c1nc(C(=O)N2C3CCC2CC3)c(-c2cnc(NCC3CCC3)cc2C(F)(F)F)s1. The Hall–Kier alpha value is -2.73. The number of nitrogens with one attached hydrogen (secondary N) is 2. The van der Waals surface area contributed by atoms with Gasteiger partial charge in [-0.2, -0.15) is 13.2 Å². The molecule has 1 saturated carbocycles. The molecule has 12 heteroatoms. The molecule has 1 aliphatic carbocycles. The summed E-state index contributed by atoms with van der Waals surface area (Å²) < 4.78 is 42.9. The van der Waals surface area contributed by atoms with Crippen molar-refractivity contribution in [1.82, 2.24) is 20.2 Å². The number of thiazole rings is 1. The van der Waals surface area contributed by atoms with E-state index in [1.807, 2.05) is 0 Å². The smallest absolute Gasteiger partial charge is 0.389 e. The van der Waals surface area contributed by atoms with Gasteiger partial charge in [0.25, 0.3) is 11.8 Å². The van der Waals surface area contributed by atoms with Gasteiger partial charge in [0.05, 0.1) is 16.0 Å². The van der Waals surface area contributed by atoms with E-state index in [1.165, 1.54) is 13.8 Å². The standard InChI is InChI=1S/C26H32F3N5O3S/c1-25(2,37)13-32-22(35)23-33-20(24(36)34-15-6-7-16(34)9-8-15)21(38-23)17-12-31-19(10-18(17)26(27,28)29)30-11-14-4-3-5-14/h10,12,14-16,37H,3-9,11,13H2,1-2H3,(H,30,31)(H,32,35).